The molecule has 6 heteroatoms. The van der Waals surface area contributed by atoms with Gasteiger partial charge >= 0.3 is 6.09 Å². The third-order valence-corrected chi connectivity index (χ3v) is 2.75. The first-order valence-corrected chi connectivity index (χ1v) is 6.60. The first kappa shape index (κ1) is 13.9. The quantitative estimate of drug-likeness (QED) is 0.875. The third-order valence-electron chi connectivity index (χ3n) is 2.75. The van der Waals surface area contributed by atoms with Crippen LogP contribution in [0.15, 0.2) is 6.07 Å². The molecule has 2 N–H and O–H groups in total. The zero-order chi connectivity index (χ0) is 14.0. The standard InChI is InChI=1S/C13H22N4O2/c1-13(2,3)19-12(18)15-11-7-10(17(4)16-11)8-14-9-5-6-9/h7,9,14H,5-6,8H2,1-4H3,(H,15,16,18). The van der Waals surface area contributed by atoms with Crippen LogP contribution in [0, 0.1) is 0 Å². The summed E-state index contributed by atoms with van der Waals surface area (Å²) < 4.78 is 6.95. The summed E-state index contributed by atoms with van der Waals surface area (Å²) in [6.45, 7) is 6.26. The maximum Gasteiger partial charge on any atom is 0.413 e. The van der Waals surface area contributed by atoms with Crippen molar-refractivity contribution in [1.82, 2.24) is 15.1 Å². The monoisotopic (exact) mass is 266 g/mol. The number of nitrogens with zero attached hydrogens (tertiary/aromatic N) is 2. The molecule has 0 radical (unpaired) electrons. The molecule has 1 heterocycles. The number of aryl methyl sites for hydroxylation is 1. The number of nitrogens with one attached hydrogen (secondary N) is 2. The number of carbonyl (C=O) groups is 1. The van der Waals surface area contributed by atoms with Crippen molar-refractivity contribution in [3.8, 4) is 0 Å². The number of rotatable bonds is 4. The van der Waals surface area contributed by atoms with Crippen LogP contribution >= 0.6 is 0 Å². The zero-order valence-electron chi connectivity index (χ0n) is 12.0. The van der Waals surface area contributed by atoms with E-state index in [1.807, 2.05) is 33.9 Å². The fourth-order valence-corrected chi connectivity index (χ4v) is 1.68. The largest absolute Gasteiger partial charge is 0.444 e. The molecule has 1 saturated carbocycles. The van der Waals surface area contributed by atoms with Crippen LogP contribution < -0.4 is 10.6 Å². The zero-order valence-corrected chi connectivity index (χ0v) is 12.0. The second kappa shape index (κ2) is 5.21. The lowest BCUT2D eigenvalue weighted by atomic mass is 10.2. The van der Waals surface area contributed by atoms with Gasteiger partial charge in [0.15, 0.2) is 5.82 Å². The van der Waals surface area contributed by atoms with Crippen molar-refractivity contribution in [3.63, 3.8) is 0 Å². The fourth-order valence-electron chi connectivity index (χ4n) is 1.68. The Labute approximate surface area is 113 Å². The van der Waals surface area contributed by atoms with Gasteiger partial charge < -0.3 is 10.1 Å². The molecule has 2 rings (SSSR count). The maximum atomic E-state index is 11.6. The minimum Gasteiger partial charge on any atom is -0.444 e. The Morgan fingerprint density at radius 1 is 1.53 bits per heavy atom. The number of hydrogen-bond donors (Lipinski definition) is 2. The van der Waals surface area contributed by atoms with E-state index in [2.05, 4.69) is 15.7 Å². The molecule has 0 aliphatic heterocycles. The first-order chi connectivity index (χ1) is 8.83. The minimum atomic E-state index is -0.505. The molecule has 1 aromatic rings. The normalized spacial score (nSPS) is 15.4. The molecular weight excluding hydrogens is 244 g/mol. The van der Waals surface area contributed by atoms with Crippen molar-refractivity contribution in [1.29, 1.82) is 0 Å². The Balaban J connectivity index is 1.89. The molecule has 0 bridgehead atoms. The summed E-state index contributed by atoms with van der Waals surface area (Å²) in [4.78, 5) is 11.6. The molecule has 106 valence electrons. The molecule has 1 fully saturated rings. The SMILES string of the molecule is Cn1nc(NC(=O)OC(C)(C)C)cc1CNC1CC1. The summed E-state index contributed by atoms with van der Waals surface area (Å²) in [6, 6.07) is 2.51. The summed E-state index contributed by atoms with van der Waals surface area (Å²) >= 11 is 0. The molecule has 1 aliphatic rings. The number of ether oxygens (including phenoxy) is 1. The molecule has 0 saturated heterocycles. The van der Waals surface area contributed by atoms with Crippen LogP contribution in [0.1, 0.15) is 39.3 Å². The summed E-state index contributed by atoms with van der Waals surface area (Å²) in [5, 5.41) is 10.3. The van der Waals surface area contributed by atoms with Crippen molar-refractivity contribution in [3.05, 3.63) is 11.8 Å². The lowest BCUT2D eigenvalue weighted by molar-refractivity contribution is 0.0635. The summed E-state index contributed by atoms with van der Waals surface area (Å²) in [6.07, 6.45) is 2.02. The van der Waals surface area contributed by atoms with E-state index < -0.39 is 11.7 Å². The second-order valence-corrected chi connectivity index (χ2v) is 5.93. The van der Waals surface area contributed by atoms with E-state index in [-0.39, 0.29) is 0 Å². The minimum absolute atomic E-state index is 0.479. The molecule has 0 unspecified atom stereocenters. The van der Waals surface area contributed by atoms with E-state index in [0.29, 0.717) is 11.9 Å². The molecule has 1 aliphatic carbocycles. The molecule has 6 nitrogen and oxygen atoms in total. The predicted octanol–water partition coefficient (Wildman–Crippen LogP) is 2.02. The van der Waals surface area contributed by atoms with E-state index in [1.165, 1.54) is 12.8 Å². The Morgan fingerprint density at radius 3 is 2.79 bits per heavy atom. The van der Waals surface area contributed by atoms with Crippen LogP contribution in [0.5, 0.6) is 0 Å². The van der Waals surface area contributed by atoms with Gasteiger partial charge in [0, 0.05) is 25.7 Å². The van der Waals surface area contributed by atoms with Gasteiger partial charge in [-0.25, -0.2) is 4.79 Å². The van der Waals surface area contributed by atoms with Gasteiger partial charge in [-0.15, -0.1) is 0 Å². The van der Waals surface area contributed by atoms with Gasteiger partial charge in [-0.3, -0.25) is 10.00 Å². The molecule has 1 aromatic heterocycles. The van der Waals surface area contributed by atoms with Crippen molar-refractivity contribution in [2.24, 2.45) is 7.05 Å². The van der Waals surface area contributed by atoms with Crippen LogP contribution in [-0.4, -0.2) is 27.5 Å². The molecule has 0 spiro atoms. The van der Waals surface area contributed by atoms with Gasteiger partial charge in [0.25, 0.3) is 0 Å². The number of hydrogen-bond acceptors (Lipinski definition) is 4. The van der Waals surface area contributed by atoms with Crippen molar-refractivity contribution in [2.75, 3.05) is 5.32 Å². The molecule has 0 atom stereocenters. The fraction of sp³-hybridized carbons (Fsp3) is 0.692. The lowest BCUT2D eigenvalue weighted by Crippen LogP contribution is -2.27. The van der Waals surface area contributed by atoms with Crippen LogP contribution in [0.4, 0.5) is 10.6 Å². The Bertz CT molecular complexity index is 458. The van der Waals surface area contributed by atoms with Crippen molar-refractivity contribution >= 4 is 11.9 Å². The molecular formula is C13H22N4O2. The van der Waals surface area contributed by atoms with E-state index >= 15 is 0 Å². The summed E-state index contributed by atoms with van der Waals surface area (Å²) in [7, 11) is 1.87. The average molecular weight is 266 g/mol. The Morgan fingerprint density at radius 2 is 2.21 bits per heavy atom. The van der Waals surface area contributed by atoms with Gasteiger partial charge in [-0.2, -0.15) is 5.10 Å². The van der Waals surface area contributed by atoms with Crippen LogP contribution in [-0.2, 0) is 18.3 Å². The molecule has 19 heavy (non-hydrogen) atoms. The van der Waals surface area contributed by atoms with E-state index in [9.17, 15) is 4.79 Å². The number of carbonyl (C=O) groups excluding carboxylic acids is 1. The van der Waals surface area contributed by atoms with Crippen molar-refractivity contribution in [2.45, 2.75) is 51.8 Å². The van der Waals surface area contributed by atoms with E-state index in [0.717, 1.165) is 12.2 Å². The van der Waals surface area contributed by atoms with Gasteiger partial charge in [0.05, 0.1) is 5.69 Å². The van der Waals surface area contributed by atoms with Gasteiger partial charge in [0.2, 0.25) is 0 Å². The average Bonchev–Trinajstić information content (AvgIpc) is 2.99. The second-order valence-electron chi connectivity index (χ2n) is 5.93. The number of anilines is 1. The topological polar surface area (TPSA) is 68.2 Å². The van der Waals surface area contributed by atoms with E-state index in [4.69, 9.17) is 4.74 Å². The Hall–Kier alpha value is -1.56. The number of aromatic nitrogens is 2. The van der Waals surface area contributed by atoms with Gasteiger partial charge in [-0.05, 0) is 33.6 Å². The summed E-state index contributed by atoms with van der Waals surface area (Å²) in [5.41, 5.74) is 0.535. The smallest absolute Gasteiger partial charge is 0.413 e. The van der Waals surface area contributed by atoms with E-state index in [1.54, 1.807) is 4.68 Å². The summed E-state index contributed by atoms with van der Waals surface area (Å²) in [5.74, 6) is 0.518. The number of amides is 1. The highest BCUT2D eigenvalue weighted by Gasteiger charge is 2.21. The maximum absolute atomic E-state index is 11.6. The Kier molecular flexibility index (Phi) is 3.80. The van der Waals surface area contributed by atoms with Gasteiger partial charge in [-0.1, -0.05) is 0 Å². The van der Waals surface area contributed by atoms with Crippen LogP contribution in [0.2, 0.25) is 0 Å². The predicted molar refractivity (Wildman–Crippen MR) is 72.9 cm³/mol. The van der Waals surface area contributed by atoms with Gasteiger partial charge in [0.1, 0.15) is 5.60 Å². The highest BCUT2D eigenvalue weighted by molar-refractivity contribution is 5.83. The lowest BCUT2D eigenvalue weighted by Gasteiger charge is -2.18. The highest BCUT2D eigenvalue weighted by Crippen LogP contribution is 2.19. The molecule has 1 amide bonds. The molecule has 0 aromatic carbocycles. The van der Waals surface area contributed by atoms with Crippen molar-refractivity contribution < 1.29 is 9.53 Å². The van der Waals surface area contributed by atoms with Crippen LogP contribution in [0.25, 0.3) is 0 Å². The highest BCUT2D eigenvalue weighted by atomic mass is 16.6. The first-order valence-electron chi connectivity index (χ1n) is 6.60. The van der Waals surface area contributed by atoms with Crippen LogP contribution in [0.3, 0.4) is 0 Å². The third kappa shape index (κ3) is 4.55.